The number of carboxylic acids is 1. The fraction of sp³-hybridized carbons (Fsp3) is 0.385. The molecule has 0 unspecified atom stereocenters. The van der Waals surface area contributed by atoms with Crippen molar-refractivity contribution in [3.05, 3.63) is 27.7 Å². The lowest BCUT2D eigenvalue weighted by molar-refractivity contribution is -0.141. The largest absolute Gasteiger partial charge is 0.494 e. The zero-order chi connectivity index (χ0) is 14.9. The van der Waals surface area contributed by atoms with E-state index in [1.54, 1.807) is 0 Å². The minimum atomic E-state index is -0.883. The van der Waals surface area contributed by atoms with E-state index in [0.717, 1.165) is 0 Å². The topological polar surface area (TPSA) is 66.8 Å². The second-order valence-electron chi connectivity index (χ2n) is 4.55. The van der Waals surface area contributed by atoms with Gasteiger partial charge in [-0.2, -0.15) is 0 Å². The molecule has 5 nitrogen and oxygen atoms in total. The van der Waals surface area contributed by atoms with Crippen LogP contribution in [-0.2, 0) is 4.79 Å². The molecule has 0 aliphatic carbocycles. The summed E-state index contributed by atoms with van der Waals surface area (Å²) < 4.78 is 5.02. The van der Waals surface area contributed by atoms with Crippen LogP contribution in [0.1, 0.15) is 16.8 Å². The summed E-state index contributed by atoms with van der Waals surface area (Å²) >= 11 is 12.0. The fourth-order valence-corrected chi connectivity index (χ4v) is 2.85. The van der Waals surface area contributed by atoms with Gasteiger partial charge in [-0.25, -0.2) is 0 Å². The van der Waals surface area contributed by atoms with Crippen LogP contribution in [0.2, 0.25) is 10.0 Å². The minimum absolute atomic E-state index is 0.204. The molecule has 7 heteroatoms. The van der Waals surface area contributed by atoms with Crippen LogP contribution in [0.15, 0.2) is 12.1 Å². The lowest BCUT2D eigenvalue weighted by Crippen LogP contribution is -2.29. The van der Waals surface area contributed by atoms with Crippen molar-refractivity contribution in [3.8, 4) is 5.75 Å². The number of carbonyl (C=O) groups excluding carboxylic acids is 1. The van der Waals surface area contributed by atoms with E-state index >= 15 is 0 Å². The number of rotatable bonds is 3. The quantitative estimate of drug-likeness (QED) is 0.930. The van der Waals surface area contributed by atoms with Crippen molar-refractivity contribution in [2.75, 3.05) is 20.2 Å². The van der Waals surface area contributed by atoms with Crippen molar-refractivity contribution < 1.29 is 19.4 Å². The Balaban J connectivity index is 2.20. The van der Waals surface area contributed by atoms with Crippen LogP contribution in [0.25, 0.3) is 0 Å². The molecule has 20 heavy (non-hydrogen) atoms. The molecule has 1 amide bonds. The predicted octanol–water partition coefficient (Wildman–Crippen LogP) is 2.55. The third kappa shape index (κ3) is 2.83. The summed E-state index contributed by atoms with van der Waals surface area (Å²) in [6.07, 6.45) is 0.457. The lowest BCUT2D eigenvalue weighted by atomic mass is 10.1. The average molecular weight is 318 g/mol. The van der Waals surface area contributed by atoms with Crippen molar-refractivity contribution in [3.63, 3.8) is 0 Å². The summed E-state index contributed by atoms with van der Waals surface area (Å²) in [6.45, 7) is 0.618. The molecule has 1 aromatic carbocycles. The maximum atomic E-state index is 12.3. The Labute approximate surface area is 126 Å². The molecule has 2 rings (SSSR count). The number of nitrogens with zero attached hydrogens (tertiary/aromatic N) is 1. The fourth-order valence-electron chi connectivity index (χ4n) is 2.21. The van der Waals surface area contributed by atoms with Crippen LogP contribution in [0.3, 0.4) is 0 Å². The van der Waals surface area contributed by atoms with E-state index in [9.17, 15) is 9.59 Å². The number of carbonyl (C=O) groups is 2. The van der Waals surface area contributed by atoms with Gasteiger partial charge in [-0.3, -0.25) is 9.59 Å². The maximum absolute atomic E-state index is 12.3. The predicted molar refractivity (Wildman–Crippen MR) is 74.7 cm³/mol. The summed E-state index contributed by atoms with van der Waals surface area (Å²) in [5.41, 5.74) is 0.326. The Morgan fingerprint density at radius 2 is 1.95 bits per heavy atom. The van der Waals surface area contributed by atoms with Crippen LogP contribution in [0.5, 0.6) is 5.75 Å². The van der Waals surface area contributed by atoms with Crippen LogP contribution >= 0.6 is 23.2 Å². The summed E-state index contributed by atoms with van der Waals surface area (Å²) in [7, 11) is 1.44. The third-order valence-electron chi connectivity index (χ3n) is 3.27. The Morgan fingerprint density at radius 3 is 2.40 bits per heavy atom. The molecule has 0 spiro atoms. The van der Waals surface area contributed by atoms with E-state index in [1.807, 2.05) is 0 Å². The number of amides is 1. The minimum Gasteiger partial charge on any atom is -0.494 e. The highest BCUT2D eigenvalue weighted by molar-refractivity contribution is 6.37. The number of halogens is 2. The van der Waals surface area contributed by atoms with Crippen LogP contribution in [0, 0.1) is 5.92 Å². The number of methoxy groups -OCH3 is 1. The number of likely N-dealkylation sites (tertiary alicyclic amines) is 1. The first kappa shape index (κ1) is 14.9. The van der Waals surface area contributed by atoms with Crippen molar-refractivity contribution in [1.29, 1.82) is 0 Å². The molecule has 0 bridgehead atoms. The maximum Gasteiger partial charge on any atom is 0.308 e. The lowest BCUT2D eigenvalue weighted by Gasteiger charge is -2.17. The Bertz CT molecular complexity index is 538. The number of carboxylic acid groups (broad SMARTS) is 1. The molecule has 1 heterocycles. The molecule has 1 aliphatic heterocycles. The van der Waals surface area contributed by atoms with Crippen molar-refractivity contribution >= 4 is 35.1 Å². The first-order valence-corrected chi connectivity index (χ1v) is 6.74. The molecule has 1 saturated heterocycles. The van der Waals surface area contributed by atoms with Gasteiger partial charge in [-0.05, 0) is 18.6 Å². The SMILES string of the molecule is COc1c(Cl)cc(C(=O)N2CC[C@H](C(=O)O)C2)cc1Cl. The molecule has 0 saturated carbocycles. The third-order valence-corrected chi connectivity index (χ3v) is 3.84. The number of ether oxygens (including phenoxy) is 1. The van der Waals surface area contributed by atoms with Gasteiger partial charge in [0.25, 0.3) is 5.91 Å². The van der Waals surface area contributed by atoms with Gasteiger partial charge in [-0.1, -0.05) is 23.2 Å². The van der Waals surface area contributed by atoms with Gasteiger partial charge >= 0.3 is 5.97 Å². The molecule has 1 fully saturated rings. The van der Waals surface area contributed by atoms with E-state index in [4.69, 9.17) is 33.0 Å². The van der Waals surface area contributed by atoms with E-state index in [-0.39, 0.29) is 22.5 Å². The summed E-state index contributed by atoms with van der Waals surface area (Å²) in [6, 6.07) is 2.95. The zero-order valence-electron chi connectivity index (χ0n) is 10.7. The molecule has 1 aliphatic rings. The summed E-state index contributed by atoms with van der Waals surface area (Å²) in [5, 5.41) is 9.44. The van der Waals surface area contributed by atoms with Crippen molar-refractivity contribution in [2.24, 2.45) is 5.92 Å². The van der Waals surface area contributed by atoms with Gasteiger partial charge in [0.05, 0.1) is 23.1 Å². The van der Waals surface area contributed by atoms with Crippen LogP contribution < -0.4 is 4.74 Å². The normalized spacial score (nSPS) is 18.1. The van der Waals surface area contributed by atoms with E-state index in [1.165, 1.54) is 24.1 Å². The second-order valence-corrected chi connectivity index (χ2v) is 5.36. The molecule has 1 aromatic rings. The van der Waals surface area contributed by atoms with Gasteiger partial charge < -0.3 is 14.7 Å². The Hall–Kier alpha value is -1.46. The van der Waals surface area contributed by atoms with Gasteiger partial charge in [0.1, 0.15) is 0 Å². The molecule has 1 atom stereocenters. The van der Waals surface area contributed by atoms with E-state index < -0.39 is 11.9 Å². The monoisotopic (exact) mass is 317 g/mol. The Morgan fingerprint density at radius 1 is 1.35 bits per heavy atom. The van der Waals surface area contributed by atoms with E-state index in [2.05, 4.69) is 0 Å². The van der Waals surface area contributed by atoms with Crippen LogP contribution in [-0.4, -0.2) is 42.1 Å². The standard InChI is InChI=1S/C13H13Cl2NO4/c1-20-11-9(14)4-8(5-10(11)15)12(17)16-3-2-7(6-16)13(18)19/h4-5,7H,2-3,6H2,1H3,(H,18,19)/t7-/m0/s1. The number of benzene rings is 1. The van der Waals surface area contributed by atoms with Gasteiger partial charge in [0.15, 0.2) is 5.75 Å². The molecule has 108 valence electrons. The molecule has 0 radical (unpaired) electrons. The molecular formula is C13H13Cl2NO4. The molecule has 0 aromatic heterocycles. The second kappa shape index (κ2) is 5.89. The van der Waals surface area contributed by atoms with Crippen LogP contribution in [0.4, 0.5) is 0 Å². The molecule has 1 N–H and O–H groups in total. The number of aliphatic carboxylic acids is 1. The van der Waals surface area contributed by atoms with Crippen molar-refractivity contribution in [1.82, 2.24) is 4.90 Å². The summed E-state index contributed by atoms with van der Waals surface area (Å²) in [4.78, 5) is 24.7. The highest BCUT2D eigenvalue weighted by atomic mass is 35.5. The average Bonchev–Trinajstić information content (AvgIpc) is 2.87. The van der Waals surface area contributed by atoms with Crippen molar-refractivity contribution in [2.45, 2.75) is 6.42 Å². The zero-order valence-corrected chi connectivity index (χ0v) is 12.2. The van der Waals surface area contributed by atoms with Gasteiger partial charge in [0.2, 0.25) is 0 Å². The van der Waals surface area contributed by atoms with Gasteiger partial charge in [0, 0.05) is 18.7 Å². The smallest absolute Gasteiger partial charge is 0.308 e. The summed E-state index contributed by atoms with van der Waals surface area (Å²) in [5.74, 6) is -1.36. The number of hydrogen-bond donors (Lipinski definition) is 1. The van der Waals surface area contributed by atoms with Gasteiger partial charge in [-0.15, -0.1) is 0 Å². The highest BCUT2D eigenvalue weighted by Gasteiger charge is 2.31. The first-order valence-electron chi connectivity index (χ1n) is 5.99. The Kier molecular flexibility index (Phi) is 4.40. The number of hydrogen-bond acceptors (Lipinski definition) is 3. The van der Waals surface area contributed by atoms with E-state index in [0.29, 0.717) is 24.3 Å². The highest BCUT2D eigenvalue weighted by Crippen LogP contribution is 2.34. The first-order chi connectivity index (χ1) is 9.43. The molecular weight excluding hydrogens is 305 g/mol.